The molecule has 3 aromatic rings. The van der Waals surface area contributed by atoms with Gasteiger partial charge >= 0.3 is 5.97 Å². The van der Waals surface area contributed by atoms with Crippen LogP contribution >= 0.6 is 0 Å². The number of carbonyl (C=O) groups is 2. The Balaban J connectivity index is 1.25. The summed E-state index contributed by atoms with van der Waals surface area (Å²) in [6.07, 6.45) is 4.06. The quantitative estimate of drug-likeness (QED) is 0.145. The van der Waals surface area contributed by atoms with E-state index >= 15 is 0 Å². The van der Waals surface area contributed by atoms with Crippen LogP contribution < -0.4 is 15.4 Å². The highest BCUT2D eigenvalue weighted by molar-refractivity contribution is 7.89. The number of rotatable bonds is 14. The molecule has 0 radical (unpaired) electrons. The van der Waals surface area contributed by atoms with Gasteiger partial charge in [-0.1, -0.05) is 56.3 Å². The Morgan fingerprint density at radius 1 is 1.13 bits per heavy atom. The van der Waals surface area contributed by atoms with Crippen LogP contribution in [-0.2, 0) is 32.6 Å². The van der Waals surface area contributed by atoms with Gasteiger partial charge in [0, 0.05) is 23.7 Å². The number of fused-ring (bicyclic) bond motifs is 2. The number of hydrogen-bond acceptors (Lipinski definition) is 9. The number of nitro groups is 1. The number of aromatic nitrogens is 1. The molecule has 242 valence electrons. The highest BCUT2D eigenvalue weighted by Crippen LogP contribution is 2.64. The summed E-state index contributed by atoms with van der Waals surface area (Å²) in [4.78, 5) is 39.9. The molecule has 1 aromatic heterocycles. The van der Waals surface area contributed by atoms with Crippen LogP contribution in [0.25, 0.3) is 11.1 Å². The summed E-state index contributed by atoms with van der Waals surface area (Å²) in [7, 11) is -4.08. The topological polar surface area (TPSA) is 181 Å². The molecule has 5 rings (SSSR count). The number of nitrogens with one attached hydrogen (secondary N) is 3. The molecule has 4 N–H and O–H groups in total. The van der Waals surface area contributed by atoms with E-state index < -0.39 is 43.5 Å². The molecular weight excluding hydrogens is 610 g/mol. The molecule has 2 aliphatic rings. The third kappa shape index (κ3) is 7.10. The summed E-state index contributed by atoms with van der Waals surface area (Å²) < 4.78 is 28.9. The molecule has 1 unspecified atom stereocenters. The molecule has 3 atom stereocenters. The van der Waals surface area contributed by atoms with E-state index in [-0.39, 0.29) is 30.5 Å². The van der Waals surface area contributed by atoms with E-state index in [0.29, 0.717) is 29.8 Å². The number of pyridine rings is 1. The van der Waals surface area contributed by atoms with Crippen molar-refractivity contribution in [3.63, 3.8) is 0 Å². The molecular formula is C33H37N5O7S. The molecule has 2 fully saturated rings. The van der Waals surface area contributed by atoms with Crippen LogP contribution in [0.3, 0.4) is 0 Å². The number of benzene rings is 2. The van der Waals surface area contributed by atoms with Crippen molar-refractivity contribution in [2.75, 3.05) is 11.1 Å². The average Bonchev–Trinajstić information content (AvgIpc) is 3.34. The van der Waals surface area contributed by atoms with Gasteiger partial charge in [0.2, 0.25) is 10.0 Å². The van der Waals surface area contributed by atoms with Crippen molar-refractivity contribution in [3.8, 4) is 11.1 Å². The van der Waals surface area contributed by atoms with Gasteiger partial charge in [0.25, 0.3) is 6.20 Å². The number of aliphatic carboxylic acids is 1. The lowest BCUT2D eigenvalue weighted by atomic mass is 9.70. The van der Waals surface area contributed by atoms with Gasteiger partial charge in [-0.3, -0.25) is 24.7 Å². The van der Waals surface area contributed by atoms with E-state index in [1.807, 2.05) is 32.0 Å². The van der Waals surface area contributed by atoms with E-state index in [1.165, 1.54) is 0 Å². The number of anilines is 1. The highest BCUT2D eigenvalue weighted by atomic mass is 32.2. The Hall–Kier alpha value is -4.62. The van der Waals surface area contributed by atoms with Crippen molar-refractivity contribution >= 4 is 27.5 Å². The van der Waals surface area contributed by atoms with Crippen LogP contribution in [0.4, 0.5) is 5.69 Å². The second-order valence-corrected chi connectivity index (χ2v) is 14.3. The highest BCUT2D eigenvalue weighted by Gasteiger charge is 2.65. The van der Waals surface area contributed by atoms with E-state index in [2.05, 4.69) is 20.3 Å². The van der Waals surface area contributed by atoms with Crippen LogP contribution in [0.2, 0.25) is 0 Å². The van der Waals surface area contributed by atoms with Gasteiger partial charge in [0.05, 0.1) is 22.9 Å². The zero-order chi connectivity index (χ0) is 33.1. The fourth-order valence-electron chi connectivity index (χ4n) is 6.79. The molecule has 0 aliphatic heterocycles. The zero-order valence-electron chi connectivity index (χ0n) is 25.6. The number of sulfonamides is 1. The molecule has 2 bridgehead atoms. The largest absolute Gasteiger partial charge is 0.480 e. The zero-order valence-corrected chi connectivity index (χ0v) is 26.4. The molecule has 2 aliphatic carbocycles. The summed E-state index contributed by atoms with van der Waals surface area (Å²) in [6.45, 7) is 4.16. The molecule has 1 heterocycles. The van der Waals surface area contributed by atoms with Crippen molar-refractivity contribution < 1.29 is 28.0 Å². The Morgan fingerprint density at radius 3 is 2.50 bits per heavy atom. The van der Waals surface area contributed by atoms with Crippen LogP contribution in [0.5, 0.6) is 0 Å². The first-order valence-corrected chi connectivity index (χ1v) is 16.6. The molecule has 0 saturated heterocycles. The lowest BCUT2D eigenvalue weighted by Crippen LogP contribution is -2.49. The van der Waals surface area contributed by atoms with Gasteiger partial charge in [0.15, 0.2) is 5.82 Å². The molecule has 0 amide bonds. The fraction of sp³-hybridized carbons (Fsp3) is 0.364. The minimum Gasteiger partial charge on any atom is -0.480 e. The van der Waals surface area contributed by atoms with Crippen molar-refractivity contribution in [1.29, 1.82) is 0 Å². The summed E-state index contributed by atoms with van der Waals surface area (Å²) in [5.74, 6) is -1.44. The van der Waals surface area contributed by atoms with E-state index in [4.69, 9.17) is 0 Å². The maximum Gasteiger partial charge on any atom is 0.322 e. The molecule has 2 saturated carbocycles. The first-order valence-electron chi connectivity index (χ1n) is 15.0. The van der Waals surface area contributed by atoms with Gasteiger partial charge in [-0.15, -0.1) is 0 Å². The van der Waals surface area contributed by atoms with Gasteiger partial charge in [-0.2, -0.15) is 0 Å². The number of carbonyl (C=O) groups excluding carboxylic acids is 1. The van der Waals surface area contributed by atoms with Gasteiger partial charge in [0.1, 0.15) is 11.8 Å². The predicted molar refractivity (Wildman–Crippen MR) is 172 cm³/mol. The van der Waals surface area contributed by atoms with Crippen LogP contribution in [-0.4, -0.2) is 47.0 Å². The van der Waals surface area contributed by atoms with Crippen LogP contribution in [0.15, 0.2) is 84.9 Å². The first-order chi connectivity index (χ1) is 21.8. The Labute approximate surface area is 267 Å². The van der Waals surface area contributed by atoms with E-state index in [1.54, 1.807) is 54.7 Å². The molecule has 46 heavy (non-hydrogen) atoms. The predicted octanol–water partition coefficient (Wildman–Crippen LogP) is 4.34. The lowest BCUT2D eigenvalue weighted by Gasteiger charge is -2.36. The second kappa shape index (κ2) is 13.0. The van der Waals surface area contributed by atoms with Gasteiger partial charge in [-0.05, 0) is 71.6 Å². The van der Waals surface area contributed by atoms with Crippen LogP contribution in [0.1, 0.15) is 44.4 Å². The van der Waals surface area contributed by atoms with Gasteiger partial charge < -0.3 is 15.7 Å². The summed E-state index contributed by atoms with van der Waals surface area (Å²) in [5.41, 5.74) is 2.07. The molecule has 13 heteroatoms. The average molecular weight is 648 g/mol. The molecule has 0 spiro atoms. The molecule has 2 aromatic carbocycles. The third-order valence-electron chi connectivity index (χ3n) is 9.48. The third-order valence-corrected chi connectivity index (χ3v) is 11.0. The van der Waals surface area contributed by atoms with Crippen molar-refractivity contribution in [2.24, 2.45) is 16.7 Å². The number of Topliss-reactive ketones (excluding diaryl/α,β-unsaturated/α-hetero) is 1. The second-order valence-electron chi connectivity index (χ2n) is 12.5. The number of ketones is 1. The van der Waals surface area contributed by atoms with Gasteiger partial charge in [-0.25, -0.2) is 13.1 Å². The summed E-state index contributed by atoms with van der Waals surface area (Å²) in [6, 6.07) is 18.3. The lowest BCUT2D eigenvalue weighted by molar-refractivity contribution is -0.403. The monoisotopic (exact) mass is 647 g/mol. The minimum absolute atomic E-state index is 0.0494. The number of hydrogen-bond donors (Lipinski definition) is 4. The smallest absolute Gasteiger partial charge is 0.322 e. The normalized spacial score (nSPS) is 21.1. The minimum atomic E-state index is -4.08. The maximum atomic E-state index is 13.2. The number of nitrogens with zero attached hydrogens (tertiary/aromatic N) is 2. The molecule has 12 nitrogen and oxygen atoms in total. The standard InChI is InChI=1S/C33H37N5O7S/c1-32(2)25-13-14-33(32,29(39)18-25)21-46(44,45)37-28(31(40)41)16-22-9-11-23(12-10-22)24-6-5-8-26(17-24)36-30(20-38(42)43)35-19-27-7-3-4-15-34-27/h3-12,15,17,20,25,28,35-37H,13-14,16,18-19,21H2,1-2H3,(H,40,41)/b30-20+/t25-,28-,33?/m0/s1. The fourth-order valence-corrected chi connectivity index (χ4v) is 8.81. The Bertz CT molecular complexity index is 1760. The summed E-state index contributed by atoms with van der Waals surface area (Å²) in [5, 5.41) is 27.1. The maximum absolute atomic E-state index is 13.2. The van der Waals surface area contributed by atoms with Crippen molar-refractivity contribution in [2.45, 2.75) is 52.1 Å². The van der Waals surface area contributed by atoms with E-state index in [0.717, 1.165) is 23.7 Å². The number of carboxylic acid groups (broad SMARTS) is 1. The van der Waals surface area contributed by atoms with Crippen molar-refractivity contribution in [3.05, 3.63) is 106 Å². The van der Waals surface area contributed by atoms with Crippen LogP contribution in [0, 0.1) is 26.9 Å². The first kappa shape index (κ1) is 32.8. The summed E-state index contributed by atoms with van der Waals surface area (Å²) >= 11 is 0. The SMILES string of the molecule is CC1(C)[C@H]2CCC1(CS(=O)(=O)N[C@@H](Cc1ccc(-c3cccc(N/C(=C/[N+](=O)[O-])NCc4ccccn4)c3)cc1)C(=O)O)C(=O)C2. The number of carboxylic acids is 1. The van der Waals surface area contributed by atoms with Crippen molar-refractivity contribution in [1.82, 2.24) is 15.0 Å². The van der Waals surface area contributed by atoms with E-state index in [9.17, 15) is 33.2 Å². The Morgan fingerprint density at radius 2 is 1.89 bits per heavy atom. The Kier molecular flexibility index (Phi) is 9.27.